The van der Waals surface area contributed by atoms with Gasteiger partial charge < -0.3 is 14.2 Å². The Labute approximate surface area is 102 Å². The zero-order chi connectivity index (χ0) is 12.3. The van der Waals surface area contributed by atoms with Crippen molar-refractivity contribution in [2.24, 2.45) is 0 Å². The highest BCUT2D eigenvalue weighted by molar-refractivity contribution is 4.90. The average molecular weight is 243 g/mol. The molecule has 0 radical (unpaired) electrons. The number of aryl methyl sites for hydroxylation is 1. The number of ether oxygens (including phenoxy) is 3. The van der Waals surface area contributed by atoms with Crippen LogP contribution in [0, 0.1) is 0 Å². The second-order valence-electron chi connectivity index (χ2n) is 3.54. The predicted octanol–water partition coefficient (Wildman–Crippen LogP) is 0.520. The highest BCUT2D eigenvalue weighted by Gasteiger charge is 1.97. The molecule has 0 aliphatic carbocycles. The molecule has 0 atom stereocenters. The Balaban J connectivity index is 1.93. The third-order valence-corrected chi connectivity index (χ3v) is 2.22. The summed E-state index contributed by atoms with van der Waals surface area (Å²) in [5.41, 5.74) is 1.01. The molecule has 0 spiro atoms. The molecule has 6 nitrogen and oxygen atoms in total. The highest BCUT2D eigenvalue weighted by atomic mass is 16.5. The summed E-state index contributed by atoms with van der Waals surface area (Å²) in [6.45, 7) is 5.84. The standard InChI is InChI=1S/C11H21N3O3/c1-3-11-10-14(13-12-11)4-5-16-8-9-17-7-6-15-2/h10H,3-9H2,1-2H3. The van der Waals surface area contributed by atoms with Crippen LogP contribution in [0.5, 0.6) is 0 Å². The lowest BCUT2D eigenvalue weighted by molar-refractivity contribution is 0.0224. The first kappa shape index (κ1) is 14.1. The Kier molecular flexibility index (Phi) is 7.53. The van der Waals surface area contributed by atoms with E-state index < -0.39 is 0 Å². The van der Waals surface area contributed by atoms with Crippen LogP contribution in [0.3, 0.4) is 0 Å². The van der Waals surface area contributed by atoms with Crippen molar-refractivity contribution in [2.45, 2.75) is 19.9 Å². The molecule has 98 valence electrons. The first-order chi connectivity index (χ1) is 8.36. The second kappa shape index (κ2) is 9.09. The zero-order valence-electron chi connectivity index (χ0n) is 10.6. The van der Waals surface area contributed by atoms with Gasteiger partial charge in [-0.1, -0.05) is 12.1 Å². The van der Waals surface area contributed by atoms with Crippen molar-refractivity contribution < 1.29 is 14.2 Å². The minimum Gasteiger partial charge on any atom is -0.382 e. The van der Waals surface area contributed by atoms with Crippen LogP contribution in [0.4, 0.5) is 0 Å². The SMILES string of the molecule is CCc1cn(CCOCCOCCOC)nn1. The minimum absolute atomic E-state index is 0.596. The molecule has 0 aromatic carbocycles. The monoisotopic (exact) mass is 243 g/mol. The number of hydrogen-bond donors (Lipinski definition) is 0. The van der Waals surface area contributed by atoms with Gasteiger partial charge in [-0.25, -0.2) is 4.68 Å². The van der Waals surface area contributed by atoms with Crippen LogP contribution in [-0.4, -0.2) is 55.1 Å². The van der Waals surface area contributed by atoms with Crippen LogP contribution in [0.2, 0.25) is 0 Å². The summed E-state index contributed by atoms with van der Waals surface area (Å²) in [6.07, 6.45) is 2.85. The second-order valence-corrected chi connectivity index (χ2v) is 3.54. The molecule has 0 aliphatic heterocycles. The number of hydrogen-bond acceptors (Lipinski definition) is 5. The van der Waals surface area contributed by atoms with Gasteiger partial charge in [-0.05, 0) is 6.42 Å². The Morgan fingerprint density at radius 1 is 1.12 bits per heavy atom. The van der Waals surface area contributed by atoms with Crippen LogP contribution in [0.1, 0.15) is 12.6 Å². The maximum atomic E-state index is 5.41. The molecule has 0 aliphatic rings. The van der Waals surface area contributed by atoms with Crippen molar-refractivity contribution >= 4 is 0 Å². The van der Waals surface area contributed by atoms with Gasteiger partial charge in [-0.2, -0.15) is 0 Å². The van der Waals surface area contributed by atoms with E-state index in [-0.39, 0.29) is 0 Å². The third kappa shape index (κ3) is 6.35. The average Bonchev–Trinajstić information content (AvgIpc) is 2.80. The summed E-state index contributed by atoms with van der Waals surface area (Å²) in [5.74, 6) is 0. The van der Waals surface area contributed by atoms with Gasteiger partial charge in [0.2, 0.25) is 0 Å². The first-order valence-corrected chi connectivity index (χ1v) is 5.90. The van der Waals surface area contributed by atoms with E-state index in [1.54, 1.807) is 11.8 Å². The van der Waals surface area contributed by atoms with Crippen molar-refractivity contribution in [1.29, 1.82) is 0 Å². The van der Waals surface area contributed by atoms with Crippen LogP contribution >= 0.6 is 0 Å². The van der Waals surface area contributed by atoms with Gasteiger partial charge in [-0.15, -0.1) is 5.10 Å². The molecule has 1 aromatic rings. The number of nitrogens with zero attached hydrogens (tertiary/aromatic N) is 3. The van der Waals surface area contributed by atoms with E-state index >= 15 is 0 Å². The lowest BCUT2D eigenvalue weighted by atomic mass is 10.4. The lowest BCUT2D eigenvalue weighted by Gasteiger charge is -2.05. The molecule has 6 heteroatoms. The molecular weight excluding hydrogens is 222 g/mol. The molecule has 0 unspecified atom stereocenters. The number of methoxy groups -OCH3 is 1. The quantitative estimate of drug-likeness (QED) is 0.561. The van der Waals surface area contributed by atoms with Crippen molar-refractivity contribution in [3.63, 3.8) is 0 Å². The normalized spacial score (nSPS) is 10.9. The maximum absolute atomic E-state index is 5.41. The molecule has 1 heterocycles. The summed E-state index contributed by atoms with van der Waals surface area (Å²) in [7, 11) is 1.66. The number of rotatable bonds is 10. The summed E-state index contributed by atoms with van der Waals surface area (Å²) < 4.78 is 17.3. The Bertz CT molecular complexity index is 291. The van der Waals surface area contributed by atoms with E-state index in [0.29, 0.717) is 33.0 Å². The van der Waals surface area contributed by atoms with Crippen LogP contribution < -0.4 is 0 Å². The molecule has 0 bridgehead atoms. The van der Waals surface area contributed by atoms with Crippen molar-refractivity contribution in [2.75, 3.05) is 40.1 Å². The molecule has 1 aromatic heterocycles. The zero-order valence-corrected chi connectivity index (χ0v) is 10.6. The van der Waals surface area contributed by atoms with Gasteiger partial charge in [0.15, 0.2) is 0 Å². The minimum atomic E-state index is 0.596. The van der Waals surface area contributed by atoms with Gasteiger partial charge in [0.25, 0.3) is 0 Å². The van der Waals surface area contributed by atoms with Crippen LogP contribution in [0.15, 0.2) is 6.20 Å². The predicted molar refractivity (Wildman–Crippen MR) is 62.9 cm³/mol. The van der Waals surface area contributed by atoms with Gasteiger partial charge in [0.05, 0.1) is 45.3 Å². The summed E-state index contributed by atoms with van der Waals surface area (Å²) in [5, 5.41) is 7.99. The first-order valence-electron chi connectivity index (χ1n) is 5.90. The van der Waals surface area contributed by atoms with Gasteiger partial charge >= 0.3 is 0 Å². The topological polar surface area (TPSA) is 58.4 Å². The fourth-order valence-electron chi connectivity index (χ4n) is 1.23. The third-order valence-electron chi connectivity index (χ3n) is 2.22. The summed E-state index contributed by atoms with van der Waals surface area (Å²) in [6, 6.07) is 0. The van der Waals surface area contributed by atoms with E-state index in [9.17, 15) is 0 Å². The van der Waals surface area contributed by atoms with E-state index in [4.69, 9.17) is 14.2 Å². The number of aromatic nitrogens is 3. The van der Waals surface area contributed by atoms with Crippen LogP contribution in [0.25, 0.3) is 0 Å². The molecular formula is C11H21N3O3. The lowest BCUT2D eigenvalue weighted by Crippen LogP contribution is -2.12. The smallest absolute Gasteiger partial charge is 0.0824 e. The van der Waals surface area contributed by atoms with Crippen LogP contribution in [-0.2, 0) is 27.2 Å². The largest absolute Gasteiger partial charge is 0.382 e. The van der Waals surface area contributed by atoms with Gasteiger partial charge in [-0.3, -0.25) is 0 Å². The Morgan fingerprint density at radius 2 is 1.82 bits per heavy atom. The van der Waals surface area contributed by atoms with Crippen molar-refractivity contribution in [1.82, 2.24) is 15.0 Å². The van der Waals surface area contributed by atoms with E-state index in [1.165, 1.54) is 0 Å². The molecule has 0 saturated heterocycles. The Hall–Kier alpha value is -0.980. The molecule has 17 heavy (non-hydrogen) atoms. The molecule has 0 N–H and O–H groups in total. The van der Waals surface area contributed by atoms with Crippen molar-refractivity contribution in [3.05, 3.63) is 11.9 Å². The fraction of sp³-hybridized carbons (Fsp3) is 0.818. The van der Waals surface area contributed by atoms with Gasteiger partial charge in [0, 0.05) is 13.3 Å². The van der Waals surface area contributed by atoms with E-state index in [2.05, 4.69) is 17.2 Å². The van der Waals surface area contributed by atoms with E-state index in [0.717, 1.165) is 18.7 Å². The maximum Gasteiger partial charge on any atom is 0.0824 e. The molecule has 1 rings (SSSR count). The summed E-state index contributed by atoms with van der Waals surface area (Å²) >= 11 is 0. The van der Waals surface area contributed by atoms with E-state index in [1.807, 2.05) is 6.20 Å². The highest BCUT2D eigenvalue weighted by Crippen LogP contribution is 1.93. The molecule has 0 saturated carbocycles. The molecule has 0 fully saturated rings. The van der Waals surface area contributed by atoms with Crippen molar-refractivity contribution in [3.8, 4) is 0 Å². The summed E-state index contributed by atoms with van der Waals surface area (Å²) in [4.78, 5) is 0. The van der Waals surface area contributed by atoms with Gasteiger partial charge in [0.1, 0.15) is 0 Å². The fourth-order valence-corrected chi connectivity index (χ4v) is 1.23. The molecule has 0 amide bonds. The Morgan fingerprint density at radius 3 is 2.47 bits per heavy atom.